The molecule has 5 aromatic rings. The van der Waals surface area contributed by atoms with Gasteiger partial charge in [0.1, 0.15) is 5.65 Å². The third kappa shape index (κ3) is 4.29. The maximum Gasteiger partial charge on any atom is 0.407 e. The van der Waals surface area contributed by atoms with Gasteiger partial charge >= 0.3 is 11.8 Å². The molecule has 0 radical (unpaired) electrons. The van der Waals surface area contributed by atoms with Crippen molar-refractivity contribution in [3.63, 3.8) is 0 Å². The number of aromatic amines is 1. The Kier molecular flexibility index (Phi) is 6.51. The summed E-state index contributed by atoms with van der Waals surface area (Å²) in [5, 5.41) is 19.1. The summed E-state index contributed by atoms with van der Waals surface area (Å²) in [7, 11) is 6.47. The van der Waals surface area contributed by atoms with Gasteiger partial charge in [-0.05, 0) is 24.0 Å². The number of alkyl carbamates (subject to hydrolysis) is 1. The number of imidazole rings is 1. The average Bonchev–Trinajstić information content (AvgIpc) is 3.75. The second kappa shape index (κ2) is 10.3. The first kappa shape index (κ1) is 27.2. The van der Waals surface area contributed by atoms with Crippen molar-refractivity contribution >= 4 is 28.2 Å². The lowest BCUT2D eigenvalue weighted by Crippen LogP contribution is -2.41. The Morgan fingerprint density at radius 2 is 1.98 bits per heavy atom. The van der Waals surface area contributed by atoms with Gasteiger partial charge in [0.2, 0.25) is 5.88 Å². The van der Waals surface area contributed by atoms with Gasteiger partial charge in [-0.1, -0.05) is 24.3 Å². The lowest BCUT2D eigenvalue weighted by atomic mass is 9.96. The zero-order valence-corrected chi connectivity index (χ0v) is 24.3. The largest absolute Gasteiger partial charge is 0.479 e. The molecular weight excluding hydrogens is 554 g/mol. The van der Waals surface area contributed by atoms with Gasteiger partial charge in [-0.25, -0.2) is 14.6 Å². The average molecular weight is 588 g/mol. The summed E-state index contributed by atoms with van der Waals surface area (Å²) in [6, 6.07) is 7.08. The number of fused-ring (bicyclic) bond motifs is 5. The number of H-pyrrole nitrogens is 1. The Balaban J connectivity index is 1.55. The number of aryl methyl sites for hydroxylation is 2. The fraction of sp³-hybridized carbons (Fsp3) is 0.400. The molecule has 6 heterocycles. The van der Waals surface area contributed by atoms with E-state index in [1.54, 1.807) is 29.6 Å². The normalized spacial score (nSPS) is 21.8. The van der Waals surface area contributed by atoms with Gasteiger partial charge < -0.3 is 29.6 Å². The summed E-state index contributed by atoms with van der Waals surface area (Å²) >= 11 is 0. The fourth-order valence-corrected chi connectivity index (χ4v) is 6.70. The van der Waals surface area contributed by atoms with E-state index in [0.29, 0.717) is 36.3 Å². The summed E-state index contributed by atoms with van der Waals surface area (Å²) in [4.78, 5) is 34.5. The Labute approximate surface area is 246 Å². The van der Waals surface area contributed by atoms with Crippen LogP contribution in [0.15, 0.2) is 41.5 Å². The molecule has 4 aromatic heterocycles. The fourth-order valence-electron chi connectivity index (χ4n) is 6.70. The van der Waals surface area contributed by atoms with Crippen LogP contribution in [0.1, 0.15) is 37.0 Å². The molecule has 1 saturated carbocycles. The molecule has 13 heteroatoms. The summed E-state index contributed by atoms with van der Waals surface area (Å²) in [6.07, 6.45) is 3.22. The molecule has 8 rings (SSSR count). The Morgan fingerprint density at radius 1 is 1.19 bits per heavy atom. The van der Waals surface area contributed by atoms with Crippen LogP contribution < -0.4 is 15.7 Å². The molecule has 0 unspecified atom stereocenters. The summed E-state index contributed by atoms with van der Waals surface area (Å²) in [5.74, 6) is 0.447. The van der Waals surface area contributed by atoms with Crippen molar-refractivity contribution in [1.29, 1.82) is 0 Å². The lowest BCUT2D eigenvalue weighted by Gasteiger charge is -2.21. The number of ether oxygens (including phenoxy) is 3. The van der Waals surface area contributed by atoms with Crippen molar-refractivity contribution < 1.29 is 24.1 Å². The Morgan fingerprint density at radius 3 is 2.72 bits per heavy atom. The van der Waals surface area contributed by atoms with Crippen LogP contribution in [0.3, 0.4) is 0 Å². The van der Waals surface area contributed by atoms with Gasteiger partial charge in [0.15, 0.2) is 0 Å². The highest BCUT2D eigenvalue weighted by molar-refractivity contribution is 6.14. The number of methoxy groups -OCH3 is 2. The molecule has 1 fully saturated rings. The molecule has 3 aliphatic rings. The number of nitrogens with one attached hydrogen (secondary N) is 2. The molecule has 4 atom stereocenters. The van der Waals surface area contributed by atoms with Gasteiger partial charge in [-0.2, -0.15) is 0 Å². The zero-order chi connectivity index (χ0) is 30.0. The first-order valence-corrected chi connectivity index (χ1v) is 14.2. The minimum atomic E-state index is -0.737. The number of carbonyl (C=O) groups excluding carboxylic acids is 1. The Hall–Kier alpha value is -4.62. The zero-order valence-electron chi connectivity index (χ0n) is 24.3. The molecule has 3 N–H and O–H groups in total. The van der Waals surface area contributed by atoms with Crippen LogP contribution in [-0.2, 0) is 23.6 Å². The number of amides is 1. The standard InChI is InChI=1S/C30H33N7O6/c1-35-14-18(28(34-35)41-3)25-23-16-7-5-15(6-8-16)21(38)9-10-43-22-12-17(11-19(22)32-29(39)42-4)37-26-20(36(2)30(37)40)13-31-27(33-25)24(23)26/h5-8,13-14,17,19,21-22,38H,9-12H2,1-4H3,(H,31,33)(H,32,39)/t17-,19-,21+,22+/m0/s1. The first-order chi connectivity index (χ1) is 20.8. The van der Waals surface area contributed by atoms with Crippen molar-refractivity contribution in [2.75, 3.05) is 20.8 Å². The van der Waals surface area contributed by atoms with Crippen LogP contribution in [0.4, 0.5) is 4.79 Å². The van der Waals surface area contributed by atoms with Crippen molar-refractivity contribution in [2.24, 2.45) is 14.1 Å². The molecule has 1 amide bonds. The highest BCUT2D eigenvalue weighted by Gasteiger charge is 2.39. The molecular formula is C30H33N7O6. The molecule has 13 nitrogen and oxygen atoms in total. The maximum absolute atomic E-state index is 14.0. The molecule has 1 aromatic carbocycles. The van der Waals surface area contributed by atoms with E-state index in [2.05, 4.69) is 15.4 Å². The predicted molar refractivity (Wildman–Crippen MR) is 158 cm³/mol. The van der Waals surface area contributed by atoms with Crippen LogP contribution in [-0.4, -0.2) is 73.1 Å². The van der Waals surface area contributed by atoms with E-state index in [0.717, 1.165) is 38.9 Å². The number of aliphatic hydroxyl groups excluding tert-OH is 1. The van der Waals surface area contributed by atoms with E-state index in [-0.39, 0.29) is 30.5 Å². The van der Waals surface area contributed by atoms with E-state index < -0.39 is 12.2 Å². The van der Waals surface area contributed by atoms with Gasteiger partial charge in [0.05, 0.1) is 66.3 Å². The van der Waals surface area contributed by atoms with E-state index in [1.165, 1.54) is 7.11 Å². The van der Waals surface area contributed by atoms with E-state index >= 15 is 0 Å². The Bertz CT molecular complexity index is 1920. The van der Waals surface area contributed by atoms with Gasteiger partial charge in [-0.15, -0.1) is 5.10 Å². The van der Waals surface area contributed by atoms with Crippen LogP contribution in [0.25, 0.3) is 44.5 Å². The van der Waals surface area contributed by atoms with Crippen LogP contribution in [0.5, 0.6) is 5.88 Å². The van der Waals surface area contributed by atoms with Crippen molar-refractivity contribution in [3.8, 4) is 28.3 Å². The number of pyridine rings is 1. The number of benzene rings is 1. The molecule has 224 valence electrons. The number of hydrogen-bond acceptors (Lipinski definition) is 8. The monoisotopic (exact) mass is 587 g/mol. The molecule has 4 bridgehead atoms. The molecule has 0 saturated heterocycles. The molecule has 1 aliphatic carbocycles. The minimum Gasteiger partial charge on any atom is -0.479 e. The van der Waals surface area contributed by atoms with E-state index in [1.807, 2.05) is 42.1 Å². The maximum atomic E-state index is 14.0. The minimum absolute atomic E-state index is 0.186. The lowest BCUT2D eigenvalue weighted by molar-refractivity contribution is 0.0166. The van der Waals surface area contributed by atoms with Gasteiger partial charge in [-0.3, -0.25) is 13.8 Å². The van der Waals surface area contributed by atoms with Gasteiger partial charge in [0, 0.05) is 44.9 Å². The predicted octanol–water partition coefficient (Wildman–Crippen LogP) is 3.17. The first-order valence-electron chi connectivity index (χ1n) is 14.2. The second-order valence-corrected chi connectivity index (χ2v) is 11.2. The third-order valence-electron chi connectivity index (χ3n) is 8.77. The SMILES string of the molecule is COC(=O)N[C@H]1C[C@H]2C[C@H]1OCC[C@@H](O)c1ccc(cc1)-c1c(-c3cn(C)nc3OC)[nH]c3ncc4c(c13)n2c(=O)n4C. The number of aromatic nitrogens is 6. The summed E-state index contributed by atoms with van der Waals surface area (Å²) in [6.45, 7) is 0.281. The van der Waals surface area contributed by atoms with Crippen molar-refractivity contribution in [2.45, 2.75) is 43.6 Å². The summed E-state index contributed by atoms with van der Waals surface area (Å²) < 4.78 is 21.9. The number of carbonyl (C=O) groups is 1. The highest BCUT2D eigenvalue weighted by atomic mass is 16.5. The molecule has 2 aliphatic heterocycles. The smallest absolute Gasteiger partial charge is 0.407 e. The molecule has 0 spiro atoms. The van der Waals surface area contributed by atoms with Crippen LogP contribution in [0, 0.1) is 0 Å². The van der Waals surface area contributed by atoms with Crippen molar-refractivity contribution in [1.82, 2.24) is 34.2 Å². The van der Waals surface area contributed by atoms with Gasteiger partial charge in [0.25, 0.3) is 0 Å². The number of rotatable bonds is 3. The van der Waals surface area contributed by atoms with E-state index in [9.17, 15) is 14.7 Å². The quantitative estimate of drug-likeness (QED) is 0.291. The van der Waals surface area contributed by atoms with Crippen LogP contribution >= 0.6 is 0 Å². The van der Waals surface area contributed by atoms with Crippen LogP contribution in [0.2, 0.25) is 0 Å². The molecule has 43 heavy (non-hydrogen) atoms. The number of nitrogens with zero attached hydrogens (tertiary/aromatic N) is 5. The summed E-state index contributed by atoms with van der Waals surface area (Å²) in [5.41, 5.74) is 5.80. The number of hydrogen-bond donors (Lipinski definition) is 3. The van der Waals surface area contributed by atoms with Crippen molar-refractivity contribution in [3.05, 3.63) is 52.7 Å². The second-order valence-electron chi connectivity index (χ2n) is 11.2. The number of aliphatic hydroxyl groups is 1. The van der Waals surface area contributed by atoms with E-state index in [4.69, 9.17) is 19.2 Å². The highest BCUT2D eigenvalue weighted by Crippen LogP contribution is 2.45. The third-order valence-corrected chi connectivity index (χ3v) is 8.77. The topological polar surface area (TPSA) is 150 Å².